The van der Waals surface area contributed by atoms with Crippen molar-refractivity contribution >= 4 is 14.8 Å². The number of ether oxygens (including phenoxy) is 2. The van der Waals surface area contributed by atoms with Crippen molar-refractivity contribution in [3.05, 3.63) is 12.7 Å². The predicted molar refractivity (Wildman–Crippen MR) is 83.4 cm³/mol. The molecule has 19 heavy (non-hydrogen) atoms. The van der Waals surface area contributed by atoms with E-state index in [0.29, 0.717) is 6.61 Å². The second-order valence-electron chi connectivity index (χ2n) is 4.86. The predicted octanol–water partition coefficient (Wildman–Crippen LogP) is 3.56. The summed E-state index contributed by atoms with van der Waals surface area (Å²) in [7, 11) is -0.592. The van der Waals surface area contributed by atoms with Gasteiger partial charge in [0, 0.05) is 28.1 Å². The first kappa shape index (κ1) is 18.4. The van der Waals surface area contributed by atoms with Crippen molar-refractivity contribution in [1.29, 1.82) is 0 Å². The highest BCUT2D eigenvalue weighted by Crippen LogP contribution is 2.13. The fraction of sp³-hybridized carbons (Fsp3) is 0.800. The summed E-state index contributed by atoms with van der Waals surface area (Å²) in [4.78, 5) is 10.8. The molecule has 0 spiro atoms. The van der Waals surface area contributed by atoms with Gasteiger partial charge in [0.05, 0.1) is 6.61 Å². The molecular weight excluding hydrogens is 256 g/mol. The summed E-state index contributed by atoms with van der Waals surface area (Å²) >= 11 is 0. The Kier molecular flexibility index (Phi) is 13.4. The minimum Gasteiger partial charge on any atom is -0.463 e. The van der Waals surface area contributed by atoms with Crippen LogP contribution in [0.15, 0.2) is 12.7 Å². The van der Waals surface area contributed by atoms with E-state index in [4.69, 9.17) is 9.47 Å². The summed E-state index contributed by atoms with van der Waals surface area (Å²) < 4.78 is 10.4. The Morgan fingerprint density at radius 3 is 2.53 bits per heavy atom. The van der Waals surface area contributed by atoms with Gasteiger partial charge >= 0.3 is 5.97 Å². The first-order chi connectivity index (χ1) is 9.24. The zero-order chi connectivity index (χ0) is 14.3. The molecule has 0 saturated carbocycles. The molecule has 0 radical (unpaired) electrons. The van der Waals surface area contributed by atoms with Gasteiger partial charge in [-0.2, -0.15) is 0 Å². The summed E-state index contributed by atoms with van der Waals surface area (Å²) in [5, 5.41) is 0. The Morgan fingerprint density at radius 1 is 1.11 bits per heavy atom. The molecule has 0 aromatic heterocycles. The van der Waals surface area contributed by atoms with Crippen LogP contribution >= 0.6 is 0 Å². The Bertz CT molecular complexity index is 231. The zero-order valence-corrected chi connectivity index (χ0v) is 13.8. The second kappa shape index (κ2) is 13.8. The van der Waals surface area contributed by atoms with Crippen molar-refractivity contribution < 1.29 is 14.3 Å². The molecule has 0 saturated heterocycles. The normalized spacial score (nSPS) is 12.1. The topological polar surface area (TPSA) is 35.5 Å². The Labute approximate surface area is 120 Å². The van der Waals surface area contributed by atoms with E-state index in [2.05, 4.69) is 20.4 Å². The first-order valence-corrected chi connectivity index (χ1v) is 10.1. The molecule has 0 rings (SSSR count). The third-order valence-electron chi connectivity index (χ3n) is 3.24. The number of carbonyl (C=O) groups excluding carboxylic acids is 1. The van der Waals surface area contributed by atoms with E-state index in [1.54, 1.807) is 0 Å². The SMILES string of the molecule is C=CC(=O)OCCCCC[SiH](CCC)CCOCC. The van der Waals surface area contributed by atoms with Gasteiger partial charge in [0.2, 0.25) is 0 Å². The molecule has 0 aliphatic heterocycles. The molecule has 0 fully saturated rings. The lowest BCUT2D eigenvalue weighted by Crippen LogP contribution is -2.14. The summed E-state index contributed by atoms with van der Waals surface area (Å²) in [6.07, 6.45) is 5.93. The van der Waals surface area contributed by atoms with Gasteiger partial charge in [-0.1, -0.05) is 44.9 Å². The lowest BCUT2D eigenvalue weighted by atomic mass is 10.3. The van der Waals surface area contributed by atoms with Crippen LogP contribution in [-0.2, 0) is 14.3 Å². The molecule has 0 amide bonds. The number of rotatable bonds is 13. The molecule has 0 aromatic rings. The molecule has 1 unspecified atom stereocenters. The molecular formula is C15H30O3Si. The number of unbranched alkanes of at least 4 members (excludes halogenated alkanes) is 2. The van der Waals surface area contributed by atoms with E-state index in [1.807, 2.05) is 0 Å². The maximum Gasteiger partial charge on any atom is 0.330 e. The van der Waals surface area contributed by atoms with E-state index < -0.39 is 8.80 Å². The van der Waals surface area contributed by atoms with Crippen LogP contribution < -0.4 is 0 Å². The number of hydrogen-bond donors (Lipinski definition) is 0. The highest BCUT2D eigenvalue weighted by atomic mass is 28.3. The van der Waals surface area contributed by atoms with Crippen molar-refractivity contribution in [2.75, 3.05) is 19.8 Å². The number of carbonyl (C=O) groups is 1. The van der Waals surface area contributed by atoms with Crippen LogP contribution in [0.3, 0.4) is 0 Å². The van der Waals surface area contributed by atoms with Gasteiger partial charge < -0.3 is 9.47 Å². The molecule has 0 N–H and O–H groups in total. The van der Waals surface area contributed by atoms with Crippen molar-refractivity contribution in [2.24, 2.45) is 0 Å². The monoisotopic (exact) mass is 286 g/mol. The molecule has 3 nitrogen and oxygen atoms in total. The molecule has 112 valence electrons. The zero-order valence-electron chi connectivity index (χ0n) is 12.7. The molecule has 1 atom stereocenters. The van der Waals surface area contributed by atoms with E-state index in [-0.39, 0.29) is 5.97 Å². The van der Waals surface area contributed by atoms with Gasteiger partial charge in [-0.3, -0.25) is 0 Å². The summed E-state index contributed by atoms with van der Waals surface area (Å²) in [6, 6.07) is 4.14. The van der Waals surface area contributed by atoms with Gasteiger partial charge in [0.15, 0.2) is 0 Å². The van der Waals surface area contributed by atoms with Crippen LogP contribution in [0.25, 0.3) is 0 Å². The molecule has 0 aliphatic carbocycles. The van der Waals surface area contributed by atoms with Crippen molar-refractivity contribution in [3.63, 3.8) is 0 Å². The van der Waals surface area contributed by atoms with Crippen LogP contribution in [0.5, 0.6) is 0 Å². The fourth-order valence-corrected chi connectivity index (χ4v) is 5.23. The molecule has 0 aromatic carbocycles. The van der Waals surface area contributed by atoms with E-state index in [0.717, 1.165) is 26.1 Å². The standard InChI is InChI=1S/C15H30O3Si/c1-4-12-19(14-11-17-6-3)13-9-7-8-10-18-15(16)5-2/h5,19H,2,4,6-14H2,1,3H3. The molecule has 0 bridgehead atoms. The van der Waals surface area contributed by atoms with Crippen LogP contribution in [0, 0.1) is 0 Å². The van der Waals surface area contributed by atoms with E-state index in [1.165, 1.54) is 37.0 Å². The smallest absolute Gasteiger partial charge is 0.330 e. The number of hydrogen-bond acceptors (Lipinski definition) is 3. The summed E-state index contributed by atoms with van der Waals surface area (Å²) in [6.45, 7) is 10.0. The Morgan fingerprint density at radius 2 is 1.89 bits per heavy atom. The number of esters is 1. The Hall–Kier alpha value is -0.613. The van der Waals surface area contributed by atoms with Gasteiger partial charge in [-0.15, -0.1) is 0 Å². The third kappa shape index (κ3) is 12.2. The van der Waals surface area contributed by atoms with Gasteiger partial charge in [0.25, 0.3) is 0 Å². The van der Waals surface area contributed by atoms with Crippen LogP contribution in [-0.4, -0.2) is 34.6 Å². The van der Waals surface area contributed by atoms with Gasteiger partial charge in [-0.25, -0.2) is 4.79 Å². The average Bonchev–Trinajstić information content (AvgIpc) is 2.42. The first-order valence-electron chi connectivity index (χ1n) is 7.61. The summed E-state index contributed by atoms with van der Waals surface area (Å²) in [5.74, 6) is -0.310. The minimum absolute atomic E-state index is 0.310. The van der Waals surface area contributed by atoms with Crippen LogP contribution in [0.4, 0.5) is 0 Å². The maximum absolute atomic E-state index is 10.8. The third-order valence-corrected chi connectivity index (χ3v) is 6.91. The van der Waals surface area contributed by atoms with Crippen molar-refractivity contribution in [3.8, 4) is 0 Å². The highest BCUT2D eigenvalue weighted by molar-refractivity contribution is 6.58. The highest BCUT2D eigenvalue weighted by Gasteiger charge is 2.09. The quantitative estimate of drug-likeness (QED) is 0.225. The van der Waals surface area contributed by atoms with Crippen molar-refractivity contribution in [2.45, 2.75) is 57.7 Å². The minimum atomic E-state index is -0.592. The molecule has 4 heteroatoms. The molecule has 0 aliphatic rings. The Balaban J connectivity index is 3.51. The summed E-state index contributed by atoms with van der Waals surface area (Å²) in [5.41, 5.74) is 0. The largest absolute Gasteiger partial charge is 0.463 e. The van der Waals surface area contributed by atoms with Crippen LogP contribution in [0.1, 0.15) is 39.5 Å². The second-order valence-corrected chi connectivity index (χ2v) is 8.33. The van der Waals surface area contributed by atoms with E-state index >= 15 is 0 Å². The van der Waals surface area contributed by atoms with Crippen molar-refractivity contribution in [1.82, 2.24) is 0 Å². The maximum atomic E-state index is 10.8. The van der Waals surface area contributed by atoms with Gasteiger partial charge in [-0.05, 0) is 19.4 Å². The molecule has 0 heterocycles. The average molecular weight is 286 g/mol. The lowest BCUT2D eigenvalue weighted by molar-refractivity contribution is -0.137. The lowest BCUT2D eigenvalue weighted by Gasteiger charge is -2.14. The van der Waals surface area contributed by atoms with Gasteiger partial charge in [0.1, 0.15) is 0 Å². The fourth-order valence-electron chi connectivity index (χ4n) is 2.18. The van der Waals surface area contributed by atoms with E-state index in [9.17, 15) is 4.79 Å². The van der Waals surface area contributed by atoms with Crippen LogP contribution in [0.2, 0.25) is 18.1 Å².